The Labute approximate surface area is 179 Å². The second-order valence-corrected chi connectivity index (χ2v) is 7.80. The smallest absolute Gasteiger partial charge is 0.273 e. The molecule has 31 heavy (non-hydrogen) atoms. The highest BCUT2D eigenvalue weighted by atomic mass is 16.5. The normalized spacial score (nSPS) is 21.8. The van der Waals surface area contributed by atoms with E-state index in [4.69, 9.17) is 4.74 Å². The average Bonchev–Trinajstić information content (AvgIpc) is 3.33. The van der Waals surface area contributed by atoms with Gasteiger partial charge in [-0.25, -0.2) is 4.98 Å². The van der Waals surface area contributed by atoms with Crippen molar-refractivity contribution >= 4 is 17.5 Å². The number of nitrogens with one attached hydrogen (secondary N) is 1. The molecule has 2 atom stereocenters. The first kappa shape index (κ1) is 19.1. The van der Waals surface area contributed by atoms with E-state index < -0.39 is 11.5 Å². The maximum atomic E-state index is 13.5. The van der Waals surface area contributed by atoms with E-state index in [0.29, 0.717) is 18.7 Å². The lowest BCUT2D eigenvalue weighted by Gasteiger charge is -2.34. The van der Waals surface area contributed by atoms with E-state index in [1.165, 1.54) is 18.3 Å². The molecule has 2 amide bonds. The Morgan fingerprint density at radius 3 is 2.81 bits per heavy atom. The highest BCUT2D eigenvalue weighted by molar-refractivity contribution is 6.08. The van der Waals surface area contributed by atoms with Crippen LogP contribution in [0.4, 0.5) is 5.69 Å². The fraction of sp³-hybridized carbons (Fsp3) is 0.208. The van der Waals surface area contributed by atoms with Gasteiger partial charge in [0.1, 0.15) is 22.6 Å². The van der Waals surface area contributed by atoms with E-state index in [0.717, 1.165) is 16.8 Å². The highest BCUT2D eigenvalue weighted by Gasteiger charge is 2.59. The zero-order valence-electron chi connectivity index (χ0n) is 16.9. The predicted octanol–water partition coefficient (Wildman–Crippen LogP) is 3.27. The summed E-state index contributed by atoms with van der Waals surface area (Å²) in [6.45, 7) is 0.394. The van der Waals surface area contributed by atoms with Gasteiger partial charge in [0.2, 0.25) is 5.91 Å². The molecule has 2 aromatic carbocycles. The zero-order chi connectivity index (χ0) is 21.6. The van der Waals surface area contributed by atoms with Gasteiger partial charge in [-0.05, 0) is 47.9 Å². The number of hydrogen-bond acceptors (Lipinski definition) is 5. The average molecular weight is 415 g/mol. The largest absolute Gasteiger partial charge is 0.506 e. The number of anilines is 1. The summed E-state index contributed by atoms with van der Waals surface area (Å²) in [5, 5.41) is 12.6. The second kappa shape index (κ2) is 7.12. The molecule has 2 aliphatic rings. The Morgan fingerprint density at radius 2 is 2.03 bits per heavy atom. The van der Waals surface area contributed by atoms with E-state index in [2.05, 4.69) is 10.3 Å². The number of hydrogen-bond donors (Lipinski definition) is 2. The molecule has 3 aromatic rings. The number of carbonyl (C=O) groups excluding carboxylic acids is 2. The molecule has 0 saturated carbocycles. The first-order valence-corrected chi connectivity index (χ1v) is 10.1. The summed E-state index contributed by atoms with van der Waals surface area (Å²) in [6, 6.07) is 17.5. The maximum absolute atomic E-state index is 13.5. The fourth-order valence-electron chi connectivity index (χ4n) is 4.84. The lowest BCUT2D eigenvalue weighted by Crippen LogP contribution is -2.42. The molecule has 7 nitrogen and oxygen atoms in total. The summed E-state index contributed by atoms with van der Waals surface area (Å²) in [4.78, 5) is 32.7. The number of nitrogens with zero attached hydrogens (tertiary/aromatic N) is 2. The molecule has 2 aliphatic heterocycles. The van der Waals surface area contributed by atoms with Gasteiger partial charge in [0.05, 0.1) is 19.3 Å². The van der Waals surface area contributed by atoms with Crippen molar-refractivity contribution in [3.8, 4) is 11.5 Å². The van der Waals surface area contributed by atoms with Gasteiger partial charge in [-0.15, -0.1) is 0 Å². The summed E-state index contributed by atoms with van der Waals surface area (Å²) in [5.74, 6) is 0.238. The van der Waals surface area contributed by atoms with Gasteiger partial charge in [-0.1, -0.05) is 30.3 Å². The Morgan fingerprint density at radius 1 is 1.19 bits per heavy atom. The molecule has 156 valence electrons. The lowest BCUT2D eigenvalue weighted by molar-refractivity contribution is -0.121. The number of aromatic hydroxyl groups is 1. The van der Waals surface area contributed by atoms with Gasteiger partial charge >= 0.3 is 0 Å². The van der Waals surface area contributed by atoms with Crippen molar-refractivity contribution < 1.29 is 19.4 Å². The van der Waals surface area contributed by atoms with Gasteiger partial charge in [-0.3, -0.25) is 9.59 Å². The zero-order valence-corrected chi connectivity index (χ0v) is 16.9. The molecule has 1 spiro atoms. The molecule has 1 aromatic heterocycles. The number of carbonyl (C=O) groups is 2. The Balaban J connectivity index is 1.67. The number of methoxy groups -OCH3 is 1. The van der Waals surface area contributed by atoms with Crippen LogP contribution in [0.3, 0.4) is 0 Å². The first-order valence-electron chi connectivity index (χ1n) is 10.1. The summed E-state index contributed by atoms with van der Waals surface area (Å²) in [5.41, 5.74) is 1.79. The molecule has 7 heteroatoms. The molecule has 0 unspecified atom stereocenters. The Bertz CT molecular complexity index is 1180. The SMILES string of the molecule is COc1cccc([C@@H]2N(C(=O)c3ccc(O)cn3)CC[C@]23C(=O)Nc2ccccc23)c1. The molecule has 3 heterocycles. The van der Waals surface area contributed by atoms with Gasteiger partial charge in [0, 0.05) is 12.2 Å². The molecule has 0 radical (unpaired) electrons. The predicted molar refractivity (Wildman–Crippen MR) is 114 cm³/mol. The van der Waals surface area contributed by atoms with E-state index >= 15 is 0 Å². The maximum Gasteiger partial charge on any atom is 0.273 e. The molecular formula is C24H21N3O4. The fourth-order valence-corrected chi connectivity index (χ4v) is 4.84. The second-order valence-electron chi connectivity index (χ2n) is 7.80. The Kier molecular flexibility index (Phi) is 4.39. The standard InChI is InChI=1S/C24H21N3O4/c1-31-17-6-4-5-15(13-17)21-24(18-7-2-3-8-19(18)26-23(24)30)11-12-27(21)22(29)20-10-9-16(28)14-25-20/h2-10,13-14,21,28H,11-12H2,1H3,(H,26,30)/t21-,24+/m0/s1. The van der Waals surface area contributed by atoms with Crippen molar-refractivity contribution in [1.29, 1.82) is 0 Å². The van der Waals surface area contributed by atoms with Crippen LogP contribution >= 0.6 is 0 Å². The number of ether oxygens (including phenoxy) is 1. The summed E-state index contributed by atoms with van der Waals surface area (Å²) >= 11 is 0. The lowest BCUT2D eigenvalue weighted by atomic mass is 9.72. The number of amides is 2. The van der Waals surface area contributed by atoms with Gasteiger partial charge in [0.25, 0.3) is 5.91 Å². The van der Waals surface area contributed by atoms with Crippen LogP contribution in [0.5, 0.6) is 11.5 Å². The number of rotatable bonds is 3. The third kappa shape index (κ3) is 2.84. The minimum atomic E-state index is -0.907. The molecule has 1 fully saturated rings. The monoisotopic (exact) mass is 415 g/mol. The van der Waals surface area contributed by atoms with Gasteiger partial charge in [0.15, 0.2) is 0 Å². The number of pyridine rings is 1. The van der Waals surface area contributed by atoms with Crippen LogP contribution in [0, 0.1) is 0 Å². The van der Waals surface area contributed by atoms with Gasteiger partial charge < -0.3 is 20.1 Å². The highest BCUT2D eigenvalue weighted by Crippen LogP contribution is 2.55. The minimum Gasteiger partial charge on any atom is -0.506 e. The van der Waals surface area contributed by atoms with E-state index in [-0.39, 0.29) is 23.3 Å². The first-order chi connectivity index (χ1) is 15.0. The summed E-state index contributed by atoms with van der Waals surface area (Å²) in [7, 11) is 1.59. The van der Waals surface area contributed by atoms with Crippen molar-refractivity contribution in [2.24, 2.45) is 0 Å². The Hall–Kier alpha value is -3.87. The van der Waals surface area contributed by atoms with E-state index in [1.807, 2.05) is 48.5 Å². The molecular weight excluding hydrogens is 394 g/mol. The van der Waals surface area contributed by atoms with Crippen LogP contribution in [0.25, 0.3) is 0 Å². The molecule has 2 N–H and O–H groups in total. The number of likely N-dealkylation sites (tertiary alicyclic amines) is 1. The molecule has 5 rings (SSSR count). The topological polar surface area (TPSA) is 91.8 Å². The van der Waals surface area contributed by atoms with Crippen molar-refractivity contribution in [3.63, 3.8) is 0 Å². The van der Waals surface area contributed by atoms with Crippen LogP contribution in [-0.4, -0.2) is 40.5 Å². The number of fused-ring (bicyclic) bond motifs is 2. The van der Waals surface area contributed by atoms with Crippen LogP contribution < -0.4 is 10.1 Å². The van der Waals surface area contributed by atoms with E-state index in [1.54, 1.807) is 12.0 Å². The van der Waals surface area contributed by atoms with Crippen molar-refractivity contribution in [2.75, 3.05) is 19.0 Å². The van der Waals surface area contributed by atoms with Crippen molar-refractivity contribution in [3.05, 3.63) is 83.7 Å². The number of benzene rings is 2. The quantitative estimate of drug-likeness (QED) is 0.685. The van der Waals surface area contributed by atoms with Crippen LogP contribution in [0.1, 0.15) is 34.1 Å². The third-order valence-electron chi connectivity index (χ3n) is 6.22. The molecule has 1 saturated heterocycles. The van der Waals surface area contributed by atoms with E-state index in [9.17, 15) is 14.7 Å². The number of aromatic nitrogens is 1. The minimum absolute atomic E-state index is 0.0112. The summed E-state index contributed by atoms with van der Waals surface area (Å²) < 4.78 is 5.41. The van der Waals surface area contributed by atoms with Crippen LogP contribution in [0.2, 0.25) is 0 Å². The van der Waals surface area contributed by atoms with Crippen molar-refractivity contribution in [1.82, 2.24) is 9.88 Å². The third-order valence-corrected chi connectivity index (χ3v) is 6.22. The van der Waals surface area contributed by atoms with Crippen molar-refractivity contribution in [2.45, 2.75) is 17.9 Å². The molecule has 0 bridgehead atoms. The van der Waals surface area contributed by atoms with Crippen LogP contribution in [0.15, 0.2) is 66.9 Å². The van der Waals surface area contributed by atoms with Crippen LogP contribution in [-0.2, 0) is 10.2 Å². The summed E-state index contributed by atoms with van der Waals surface area (Å²) in [6.07, 6.45) is 1.73. The van der Waals surface area contributed by atoms with Gasteiger partial charge in [-0.2, -0.15) is 0 Å². The molecule has 0 aliphatic carbocycles. The number of para-hydroxylation sites is 1.